The molecule has 106 valence electrons. The van der Waals surface area contributed by atoms with Crippen LogP contribution in [0.3, 0.4) is 0 Å². The third kappa shape index (κ3) is 2.64. The normalized spacial score (nSPS) is 11.3. The van der Waals surface area contributed by atoms with Gasteiger partial charge in [-0.15, -0.1) is 0 Å². The first kappa shape index (κ1) is 14.0. The van der Waals surface area contributed by atoms with E-state index in [-0.39, 0.29) is 18.4 Å². The van der Waals surface area contributed by atoms with Crippen LogP contribution in [0.25, 0.3) is 10.9 Å². The average molecular weight is 274 g/mol. The Balaban J connectivity index is 2.11. The predicted molar refractivity (Wildman–Crippen MR) is 76.3 cm³/mol. The third-order valence-electron chi connectivity index (χ3n) is 3.22. The molecule has 2 amide bonds. The van der Waals surface area contributed by atoms with Gasteiger partial charge in [0.15, 0.2) is 5.69 Å². The van der Waals surface area contributed by atoms with Gasteiger partial charge < -0.3 is 10.6 Å². The summed E-state index contributed by atoms with van der Waals surface area (Å²) in [4.78, 5) is 23.8. The Morgan fingerprint density at radius 2 is 2.00 bits per heavy atom. The summed E-state index contributed by atoms with van der Waals surface area (Å²) in [5.74, 6) is -0.413. The second kappa shape index (κ2) is 5.32. The van der Waals surface area contributed by atoms with Crippen molar-refractivity contribution in [3.63, 3.8) is 0 Å². The Hall–Kier alpha value is -2.37. The molecule has 1 heterocycles. The first-order valence-electron chi connectivity index (χ1n) is 6.39. The molecule has 0 saturated carbocycles. The standard InChI is InChI=1S/C14H18N4O2/c1-14(2,13(20)15-3)8-16-12(19)11-9-6-4-5-7-10(9)17-18-11/h4-7H,8H2,1-3H3,(H,15,20)(H,16,19)(H,17,18). The minimum atomic E-state index is -0.670. The molecule has 0 aliphatic rings. The van der Waals surface area contributed by atoms with E-state index in [1.807, 2.05) is 24.3 Å². The number of nitrogens with one attached hydrogen (secondary N) is 3. The van der Waals surface area contributed by atoms with Crippen molar-refractivity contribution in [1.29, 1.82) is 0 Å². The van der Waals surface area contributed by atoms with Gasteiger partial charge in [0.25, 0.3) is 5.91 Å². The molecule has 0 aliphatic heterocycles. The summed E-state index contributed by atoms with van der Waals surface area (Å²) in [6.45, 7) is 3.79. The molecule has 6 heteroatoms. The molecule has 0 fully saturated rings. The number of aromatic amines is 1. The molecule has 0 aliphatic carbocycles. The lowest BCUT2D eigenvalue weighted by Gasteiger charge is -2.22. The van der Waals surface area contributed by atoms with Crippen LogP contribution in [0.4, 0.5) is 0 Å². The fourth-order valence-corrected chi connectivity index (χ4v) is 1.94. The van der Waals surface area contributed by atoms with E-state index in [1.54, 1.807) is 20.9 Å². The molecule has 0 spiro atoms. The highest BCUT2D eigenvalue weighted by atomic mass is 16.2. The monoisotopic (exact) mass is 274 g/mol. The summed E-state index contributed by atoms with van der Waals surface area (Å²) < 4.78 is 0. The zero-order valence-electron chi connectivity index (χ0n) is 11.8. The van der Waals surface area contributed by atoms with Crippen LogP contribution < -0.4 is 10.6 Å². The summed E-state index contributed by atoms with van der Waals surface area (Å²) in [5, 5.41) is 12.9. The van der Waals surface area contributed by atoms with Gasteiger partial charge in [-0.25, -0.2) is 0 Å². The van der Waals surface area contributed by atoms with Crippen molar-refractivity contribution in [2.75, 3.05) is 13.6 Å². The number of fused-ring (bicyclic) bond motifs is 1. The van der Waals surface area contributed by atoms with Gasteiger partial charge in [-0.1, -0.05) is 18.2 Å². The van der Waals surface area contributed by atoms with Gasteiger partial charge in [0.1, 0.15) is 0 Å². The maximum absolute atomic E-state index is 12.2. The van der Waals surface area contributed by atoms with E-state index < -0.39 is 5.41 Å². The van der Waals surface area contributed by atoms with Gasteiger partial charge >= 0.3 is 0 Å². The molecule has 20 heavy (non-hydrogen) atoms. The smallest absolute Gasteiger partial charge is 0.272 e. The lowest BCUT2D eigenvalue weighted by molar-refractivity contribution is -0.128. The SMILES string of the molecule is CNC(=O)C(C)(C)CNC(=O)c1n[nH]c2ccccc12. The Labute approximate surface area is 116 Å². The highest BCUT2D eigenvalue weighted by Gasteiger charge is 2.27. The second-order valence-electron chi connectivity index (χ2n) is 5.26. The Morgan fingerprint density at radius 3 is 2.70 bits per heavy atom. The molecule has 0 saturated heterocycles. The first-order chi connectivity index (χ1) is 9.45. The van der Waals surface area contributed by atoms with Crippen LogP contribution in [0.1, 0.15) is 24.3 Å². The highest BCUT2D eigenvalue weighted by Crippen LogP contribution is 2.16. The number of rotatable bonds is 4. The molecule has 2 aromatic rings. The molecule has 2 rings (SSSR count). The number of hydrogen-bond acceptors (Lipinski definition) is 3. The van der Waals surface area contributed by atoms with Gasteiger partial charge in [-0.3, -0.25) is 14.7 Å². The van der Waals surface area contributed by atoms with Crippen molar-refractivity contribution >= 4 is 22.7 Å². The minimum absolute atomic E-state index is 0.121. The number of amides is 2. The second-order valence-corrected chi connectivity index (χ2v) is 5.26. The van der Waals surface area contributed by atoms with E-state index >= 15 is 0 Å². The van der Waals surface area contributed by atoms with Crippen LogP contribution in [-0.2, 0) is 4.79 Å². The van der Waals surface area contributed by atoms with E-state index in [0.717, 1.165) is 10.9 Å². The average Bonchev–Trinajstić information content (AvgIpc) is 2.88. The molecule has 1 aromatic heterocycles. The van der Waals surface area contributed by atoms with Crippen LogP contribution in [0.5, 0.6) is 0 Å². The predicted octanol–water partition coefficient (Wildman–Crippen LogP) is 1.06. The molecular weight excluding hydrogens is 256 g/mol. The summed E-state index contributed by atoms with van der Waals surface area (Å²) in [6.07, 6.45) is 0. The van der Waals surface area contributed by atoms with Crippen molar-refractivity contribution in [3.8, 4) is 0 Å². The zero-order valence-corrected chi connectivity index (χ0v) is 11.8. The molecule has 0 radical (unpaired) electrons. The van der Waals surface area contributed by atoms with Gasteiger partial charge in [0.05, 0.1) is 10.9 Å². The molecule has 0 unspecified atom stereocenters. The number of aromatic nitrogens is 2. The van der Waals surface area contributed by atoms with Gasteiger partial charge in [0, 0.05) is 19.0 Å². The summed E-state index contributed by atoms with van der Waals surface area (Å²) in [5.41, 5.74) is 0.479. The van der Waals surface area contributed by atoms with E-state index in [0.29, 0.717) is 5.69 Å². The Bertz CT molecular complexity index is 645. The first-order valence-corrected chi connectivity index (χ1v) is 6.39. The topological polar surface area (TPSA) is 86.9 Å². The highest BCUT2D eigenvalue weighted by molar-refractivity contribution is 6.04. The largest absolute Gasteiger partial charge is 0.359 e. The Morgan fingerprint density at radius 1 is 1.30 bits per heavy atom. The summed E-state index contributed by atoms with van der Waals surface area (Å²) >= 11 is 0. The van der Waals surface area contributed by atoms with Crippen LogP contribution in [0.15, 0.2) is 24.3 Å². The molecule has 0 atom stereocenters. The molecule has 6 nitrogen and oxygen atoms in total. The van der Waals surface area contributed by atoms with E-state index in [1.165, 1.54) is 0 Å². The van der Waals surface area contributed by atoms with Crippen LogP contribution in [0.2, 0.25) is 0 Å². The van der Waals surface area contributed by atoms with Crippen molar-refractivity contribution in [2.24, 2.45) is 5.41 Å². The Kier molecular flexibility index (Phi) is 3.74. The fraction of sp³-hybridized carbons (Fsp3) is 0.357. The van der Waals surface area contributed by atoms with Crippen molar-refractivity contribution < 1.29 is 9.59 Å². The summed E-state index contributed by atoms with van der Waals surface area (Å²) in [6, 6.07) is 7.41. The lowest BCUT2D eigenvalue weighted by atomic mass is 9.92. The van der Waals surface area contributed by atoms with Crippen molar-refractivity contribution in [1.82, 2.24) is 20.8 Å². The number of hydrogen-bond donors (Lipinski definition) is 3. The van der Waals surface area contributed by atoms with Gasteiger partial charge in [-0.05, 0) is 19.9 Å². The number of nitrogens with zero attached hydrogens (tertiary/aromatic N) is 1. The maximum atomic E-state index is 12.2. The van der Waals surface area contributed by atoms with Gasteiger partial charge in [-0.2, -0.15) is 5.10 Å². The molecule has 3 N–H and O–H groups in total. The van der Waals surface area contributed by atoms with E-state index in [9.17, 15) is 9.59 Å². The minimum Gasteiger partial charge on any atom is -0.359 e. The van der Waals surface area contributed by atoms with E-state index in [4.69, 9.17) is 0 Å². The lowest BCUT2D eigenvalue weighted by Crippen LogP contribution is -2.43. The number of carbonyl (C=O) groups excluding carboxylic acids is 2. The number of benzene rings is 1. The zero-order chi connectivity index (χ0) is 14.8. The number of para-hydroxylation sites is 1. The quantitative estimate of drug-likeness (QED) is 0.779. The van der Waals surface area contributed by atoms with Crippen molar-refractivity contribution in [2.45, 2.75) is 13.8 Å². The number of H-pyrrole nitrogens is 1. The summed E-state index contributed by atoms with van der Waals surface area (Å²) in [7, 11) is 1.58. The fourth-order valence-electron chi connectivity index (χ4n) is 1.94. The van der Waals surface area contributed by atoms with Crippen molar-refractivity contribution in [3.05, 3.63) is 30.0 Å². The molecular formula is C14H18N4O2. The van der Waals surface area contributed by atoms with Crippen LogP contribution >= 0.6 is 0 Å². The molecule has 1 aromatic carbocycles. The maximum Gasteiger partial charge on any atom is 0.272 e. The van der Waals surface area contributed by atoms with Gasteiger partial charge in [0.2, 0.25) is 5.91 Å². The molecule has 0 bridgehead atoms. The van der Waals surface area contributed by atoms with Crippen LogP contribution in [0, 0.1) is 5.41 Å². The number of carbonyl (C=O) groups is 2. The third-order valence-corrected chi connectivity index (χ3v) is 3.22. The van der Waals surface area contributed by atoms with E-state index in [2.05, 4.69) is 20.8 Å². The van der Waals surface area contributed by atoms with Crippen LogP contribution in [-0.4, -0.2) is 35.6 Å².